The Kier molecular flexibility index (Phi) is 8.49. The summed E-state index contributed by atoms with van der Waals surface area (Å²) in [7, 11) is 1.56. The number of nitrogens with zero attached hydrogens (tertiary/aromatic N) is 1. The number of rotatable bonds is 9. The molecule has 0 aliphatic rings. The van der Waals surface area contributed by atoms with Crippen LogP contribution in [0.25, 0.3) is 0 Å². The van der Waals surface area contributed by atoms with Gasteiger partial charge in [-0.25, -0.2) is 4.79 Å². The highest BCUT2D eigenvalue weighted by Gasteiger charge is 2.30. The van der Waals surface area contributed by atoms with Crippen molar-refractivity contribution in [2.24, 2.45) is 0 Å². The molecule has 2 atom stereocenters. The molecule has 0 heterocycles. The summed E-state index contributed by atoms with van der Waals surface area (Å²) in [5.41, 5.74) is 1.81. The van der Waals surface area contributed by atoms with Gasteiger partial charge in [-0.2, -0.15) is 0 Å². The van der Waals surface area contributed by atoms with E-state index in [1.54, 1.807) is 14.0 Å². The van der Waals surface area contributed by atoms with Crippen LogP contribution in [0.4, 0.5) is 4.79 Å². The van der Waals surface area contributed by atoms with Crippen molar-refractivity contribution < 1.29 is 24.2 Å². The standard InChI is InChI=1S/C22H27NO5/c1-3-27-21(25)15-20(24)19(14-17-10-6-4-7-11-17)23(2)22(26)28-16-18-12-8-5-9-13-18/h4-13,19-20,24H,3,14-16H2,1-2H3/t19-,20+/m0/s1. The van der Waals surface area contributed by atoms with Gasteiger partial charge in [0, 0.05) is 7.05 Å². The van der Waals surface area contributed by atoms with Crippen LogP contribution in [0.5, 0.6) is 0 Å². The van der Waals surface area contributed by atoms with E-state index in [2.05, 4.69) is 0 Å². The predicted octanol–water partition coefficient (Wildman–Crippen LogP) is 3.18. The molecule has 1 N–H and O–H groups in total. The van der Waals surface area contributed by atoms with E-state index in [9.17, 15) is 14.7 Å². The average molecular weight is 385 g/mol. The van der Waals surface area contributed by atoms with Crippen molar-refractivity contribution in [2.45, 2.75) is 38.5 Å². The minimum absolute atomic E-state index is 0.135. The quantitative estimate of drug-likeness (QED) is 0.671. The first-order valence-corrected chi connectivity index (χ1v) is 9.32. The van der Waals surface area contributed by atoms with Crippen LogP contribution in [0.15, 0.2) is 60.7 Å². The molecule has 0 unspecified atom stereocenters. The number of carbonyl (C=O) groups is 2. The highest BCUT2D eigenvalue weighted by atomic mass is 16.6. The summed E-state index contributed by atoms with van der Waals surface area (Å²) >= 11 is 0. The van der Waals surface area contributed by atoms with E-state index in [1.165, 1.54) is 4.90 Å². The SMILES string of the molecule is CCOC(=O)C[C@@H](O)[C@H](Cc1ccccc1)N(C)C(=O)OCc1ccccc1. The molecule has 0 fully saturated rings. The molecule has 2 rings (SSSR count). The van der Waals surface area contributed by atoms with Crippen molar-refractivity contribution in [3.05, 3.63) is 71.8 Å². The third-order valence-corrected chi connectivity index (χ3v) is 4.40. The lowest BCUT2D eigenvalue weighted by Gasteiger charge is -2.31. The number of hydrogen-bond acceptors (Lipinski definition) is 5. The second-order valence-corrected chi connectivity index (χ2v) is 6.48. The maximum atomic E-state index is 12.5. The lowest BCUT2D eigenvalue weighted by Crippen LogP contribution is -2.47. The van der Waals surface area contributed by atoms with E-state index in [4.69, 9.17) is 9.47 Å². The Balaban J connectivity index is 2.07. The molecule has 150 valence electrons. The minimum Gasteiger partial charge on any atom is -0.466 e. The smallest absolute Gasteiger partial charge is 0.410 e. The summed E-state index contributed by atoms with van der Waals surface area (Å²) in [5.74, 6) is -0.501. The summed E-state index contributed by atoms with van der Waals surface area (Å²) in [6, 6.07) is 18.2. The van der Waals surface area contributed by atoms with Crippen LogP contribution in [0.1, 0.15) is 24.5 Å². The van der Waals surface area contributed by atoms with Gasteiger partial charge in [0.2, 0.25) is 0 Å². The Morgan fingerprint density at radius 3 is 2.11 bits per heavy atom. The van der Waals surface area contributed by atoms with Crippen molar-refractivity contribution in [1.29, 1.82) is 0 Å². The van der Waals surface area contributed by atoms with Crippen LogP contribution in [0.2, 0.25) is 0 Å². The van der Waals surface area contributed by atoms with Crippen LogP contribution in [0, 0.1) is 0 Å². The van der Waals surface area contributed by atoms with Gasteiger partial charge in [-0.3, -0.25) is 4.79 Å². The molecular formula is C22H27NO5. The highest BCUT2D eigenvalue weighted by Crippen LogP contribution is 2.16. The zero-order chi connectivity index (χ0) is 20.4. The van der Waals surface area contributed by atoms with Crippen molar-refractivity contribution in [1.82, 2.24) is 4.90 Å². The minimum atomic E-state index is -1.08. The maximum absolute atomic E-state index is 12.5. The van der Waals surface area contributed by atoms with Gasteiger partial charge in [0.1, 0.15) is 6.61 Å². The van der Waals surface area contributed by atoms with Crippen molar-refractivity contribution in [3.63, 3.8) is 0 Å². The predicted molar refractivity (Wildman–Crippen MR) is 106 cm³/mol. The zero-order valence-electron chi connectivity index (χ0n) is 16.3. The second-order valence-electron chi connectivity index (χ2n) is 6.48. The Hall–Kier alpha value is -2.86. The van der Waals surface area contributed by atoms with Gasteiger partial charge >= 0.3 is 12.1 Å². The van der Waals surface area contributed by atoms with Gasteiger partial charge in [-0.05, 0) is 24.5 Å². The van der Waals surface area contributed by atoms with Crippen molar-refractivity contribution >= 4 is 12.1 Å². The van der Waals surface area contributed by atoms with E-state index in [0.717, 1.165) is 11.1 Å². The maximum Gasteiger partial charge on any atom is 0.410 e. The number of ether oxygens (including phenoxy) is 2. The summed E-state index contributed by atoms with van der Waals surface area (Å²) in [4.78, 5) is 25.7. The normalized spacial score (nSPS) is 12.7. The summed E-state index contributed by atoms with van der Waals surface area (Å²) in [5, 5.41) is 10.6. The molecule has 0 aliphatic heterocycles. The fraction of sp³-hybridized carbons (Fsp3) is 0.364. The van der Waals surface area contributed by atoms with E-state index in [1.807, 2.05) is 60.7 Å². The summed E-state index contributed by atoms with van der Waals surface area (Å²) in [6.45, 7) is 2.08. The Morgan fingerprint density at radius 2 is 1.54 bits per heavy atom. The van der Waals surface area contributed by atoms with E-state index >= 15 is 0 Å². The molecule has 0 aliphatic carbocycles. The lowest BCUT2D eigenvalue weighted by atomic mass is 9.98. The van der Waals surface area contributed by atoms with Gasteiger partial charge in [-0.1, -0.05) is 60.7 Å². The molecule has 1 amide bonds. The fourth-order valence-corrected chi connectivity index (χ4v) is 2.87. The van der Waals surface area contributed by atoms with Gasteiger partial charge in [0.25, 0.3) is 0 Å². The number of amides is 1. The van der Waals surface area contributed by atoms with E-state index in [-0.39, 0.29) is 19.6 Å². The highest BCUT2D eigenvalue weighted by molar-refractivity contribution is 5.71. The molecule has 0 radical (unpaired) electrons. The Labute approximate surface area is 165 Å². The van der Waals surface area contributed by atoms with E-state index in [0.29, 0.717) is 6.42 Å². The monoisotopic (exact) mass is 385 g/mol. The number of esters is 1. The fourth-order valence-electron chi connectivity index (χ4n) is 2.87. The van der Waals surface area contributed by atoms with Gasteiger partial charge in [0.15, 0.2) is 0 Å². The van der Waals surface area contributed by atoms with Gasteiger partial charge in [-0.15, -0.1) is 0 Å². The van der Waals surface area contributed by atoms with Crippen LogP contribution in [-0.4, -0.2) is 47.9 Å². The topological polar surface area (TPSA) is 76.1 Å². The molecule has 6 heteroatoms. The first-order chi connectivity index (χ1) is 13.5. The van der Waals surface area contributed by atoms with Gasteiger partial charge in [0.05, 0.1) is 25.2 Å². The zero-order valence-corrected chi connectivity index (χ0v) is 16.3. The first kappa shape index (κ1) is 21.4. The largest absolute Gasteiger partial charge is 0.466 e. The number of aliphatic hydroxyl groups is 1. The van der Waals surface area contributed by atoms with Gasteiger partial charge < -0.3 is 19.5 Å². The number of aliphatic hydroxyl groups excluding tert-OH is 1. The van der Waals surface area contributed by atoms with Crippen molar-refractivity contribution in [3.8, 4) is 0 Å². The van der Waals surface area contributed by atoms with E-state index < -0.39 is 24.2 Å². The number of likely N-dealkylation sites (N-methyl/N-ethyl adjacent to an activating group) is 1. The summed E-state index contributed by atoms with van der Waals surface area (Å²) in [6.07, 6.45) is -1.44. The number of hydrogen-bond donors (Lipinski definition) is 1. The molecular weight excluding hydrogens is 358 g/mol. The molecule has 2 aromatic rings. The first-order valence-electron chi connectivity index (χ1n) is 9.32. The molecule has 0 bridgehead atoms. The van der Waals surface area contributed by atoms with Crippen molar-refractivity contribution in [2.75, 3.05) is 13.7 Å². The second kappa shape index (κ2) is 11.1. The van der Waals surface area contributed by atoms with Crippen LogP contribution in [-0.2, 0) is 27.3 Å². The molecule has 28 heavy (non-hydrogen) atoms. The summed E-state index contributed by atoms with van der Waals surface area (Å²) < 4.78 is 10.3. The Morgan fingerprint density at radius 1 is 0.964 bits per heavy atom. The molecule has 0 saturated carbocycles. The van der Waals surface area contributed by atoms with Crippen LogP contribution < -0.4 is 0 Å². The number of carbonyl (C=O) groups excluding carboxylic acids is 2. The number of benzene rings is 2. The molecule has 0 saturated heterocycles. The Bertz CT molecular complexity index is 735. The molecule has 2 aromatic carbocycles. The molecule has 6 nitrogen and oxygen atoms in total. The third-order valence-electron chi connectivity index (χ3n) is 4.40. The van der Waals surface area contributed by atoms with Crippen LogP contribution >= 0.6 is 0 Å². The van der Waals surface area contributed by atoms with Crippen LogP contribution in [0.3, 0.4) is 0 Å². The molecule has 0 aromatic heterocycles. The average Bonchev–Trinajstić information content (AvgIpc) is 2.71. The molecule has 0 spiro atoms. The third kappa shape index (κ3) is 6.70. The lowest BCUT2D eigenvalue weighted by molar-refractivity contribution is -0.146.